The molecule has 2 aliphatic heterocycles. The second-order valence-electron chi connectivity index (χ2n) is 7.14. The van der Waals surface area contributed by atoms with Gasteiger partial charge in [-0.05, 0) is 0 Å². The van der Waals surface area contributed by atoms with Gasteiger partial charge in [-0.3, -0.25) is 9.59 Å². The molecule has 10 atom stereocenters. The number of aliphatic hydroxyl groups is 8. The monoisotopic (exact) mass is 457 g/mol. The second kappa shape index (κ2) is 10.4. The molecule has 2 fully saturated rings. The van der Waals surface area contributed by atoms with Crippen LogP contribution in [0.25, 0.3) is 0 Å². The molecule has 2 unspecified atom stereocenters. The van der Waals surface area contributed by atoms with Crippen molar-refractivity contribution in [3.63, 3.8) is 0 Å². The topological polar surface area (TPSA) is 259 Å². The Morgan fingerprint density at radius 3 is 2.16 bits per heavy atom. The number of hydrogen-bond acceptors (Lipinski definition) is 14. The minimum Gasteiger partial charge on any atom is -0.430 e. The summed E-state index contributed by atoms with van der Waals surface area (Å²) in [5, 5.41) is 79.3. The SMILES string of the molecule is NC(=O)CCC(=O)OC(O)[C@@]1(O)O[C@H](CO)[C@@H](OC2O[C@H](CO)[C@H](O)[C@H](O)[C@H]2O)[C@@H]1O. The predicted octanol–water partition coefficient (Wildman–Crippen LogP) is -6.26. The van der Waals surface area contributed by atoms with Gasteiger partial charge in [-0.15, -0.1) is 0 Å². The number of ether oxygens (including phenoxy) is 4. The fourth-order valence-electron chi connectivity index (χ4n) is 3.15. The Morgan fingerprint density at radius 2 is 1.61 bits per heavy atom. The number of rotatable bonds is 9. The molecular weight excluding hydrogens is 430 g/mol. The van der Waals surface area contributed by atoms with E-state index in [-0.39, 0.29) is 0 Å². The van der Waals surface area contributed by atoms with Crippen molar-refractivity contribution >= 4 is 11.9 Å². The molecule has 15 heteroatoms. The van der Waals surface area contributed by atoms with E-state index in [1.165, 1.54) is 0 Å². The number of carbonyl (C=O) groups excluding carboxylic acids is 2. The van der Waals surface area contributed by atoms with E-state index in [0.29, 0.717) is 0 Å². The first-order valence-electron chi connectivity index (χ1n) is 9.27. The van der Waals surface area contributed by atoms with Crippen LogP contribution in [0.5, 0.6) is 0 Å². The number of carbonyl (C=O) groups is 2. The fourth-order valence-corrected chi connectivity index (χ4v) is 3.15. The van der Waals surface area contributed by atoms with Crippen molar-refractivity contribution in [2.45, 2.75) is 73.9 Å². The summed E-state index contributed by atoms with van der Waals surface area (Å²) in [4.78, 5) is 22.3. The first kappa shape index (κ1) is 25.8. The highest BCUT2D eigenvalue weighted by atomic mass is 16.8. The lowest BCUT2D eigenvalue weighted by Crippen LogP contribution is -2.61. The zero-order valence-electron chi connectivity index (χ0n) is 16.1. The van der Waals surface area contributed by atoms with Crippen LogP contribution in [0.2, 0.25) is 0 Å². The highest BCUT2D eigenvalue weighted by Gasteiger charge is 2.61. The first-order valence-corrected chi connectivity index (χ1v) is 9.27. The number of primary amides is 1. The van der Waals surface area contributed by atoms with Crippen LogP contribution in [-0.2, 0) is 28.5 Å². The van der Waals surface area contributed by atoms with Gasteiger partial charge in [0, 0.05) is 6.42 Å². The van der Waals surface area contributed by atoms with Gasteiger partial charge in [0.25, 0.3) is 12.1 Å². The third-order valence-corrected chi connectivity index (χ3v) is 4.93. The van der Waals surface area contributed by atoms with E-state index in [1.54, 1.807) is 0 Å². The van der Waals surface area contributed by atoms with Crippen molar-refractivity contribution in [1.82, 2.24) is 0 Å². The van der Waals surface area contributed by atoms with E-state index >= 15 is 0 Å². The molecule has 0 aliphatic carbocycles. The zero-order valence-corrected chi connectivity index (χ0v) is 16.1. The summed E-state index contributed by atoms with van der Waals surface area (Å²) in [6, 6.07) is 0. The van der Waals surface area contributed by atoms with E-state index in [0.717, 1.165) is 0 Å². The average molecular weight is 457 g/mol. The summed E-state index contributed by atoms with van der Waals surface area (Å²) in [6.45, 7) is -1.65. The third kappa shape index (κ3) is 5.47. The van der Waals surface area contributed by atoms with Gasteiger partial charge < -0.3 is 65.5 Å². The molecule has 2 aliphatic rings. The Labute approximate surface area is 175 Å². The quantitative estimate of drug-likeness (QED) is 0.115. The van der Waals surface area contributed by atoms with Gasteiger partial charge in [-0.1, -0.05) is 0 Å². The molecule has 15 nitrogen and oxygen atoms in total. The van der Waals surface area contributed by atoms with Gasteiger partial charge in [0.05, 0.1) is 19.6 Å². The van der Waals surface area contributed by atoms with Crippen molar-refractivity contribution in [3.8, 4) is 0 Å². The van der Waals surface area contributed by atoms with Crippen LogP contribution in [0.1, 0.15) is 12.8 Å². The number of hydrogen-bond donors (Lipinski definition) is 9. The molecule has 0 aromatic carbocycles. The highest BCUT2D eigenvalue weighted by molar-refractivity contribution is 5.79. The number of esters is 1. The predicted molar refractivity (Wildman–Crippen MR) is 92.1 cm³/mol. The van der Waals surface area contributed by atoms with Gasteiger partial charge in [0.1, 0.15) is 42.7 Å². The number of amides is 1. The summed E-state index contributed by atoms with van der Waals surface area (Å²) < 4.78 is 20.0. The first-order chi connectivity index (χ1) is 14.5. The van der Waals surface area contributed by atoms with Gasteiger partial charge in [-0.25, -0.2) is 0 Å². The van der Waals surface area contributed by atoms with Crippen LogP contribution in [-0.4, -0.2) is 127 Å². The Hall–Kier alpha value is -1.50. The molecule has 0 aromatic heterocycles. The smallest absolute Gasteiger partial charge is 0.308 e. The molecule has 2 saturated heterocycles. The highest BCUT2D eigenvalue weighted by Crippen LogP contribution is 2.36. The lowest BCUT2D eigenvalue weighted by atomic mass is 9.99. The molecule has 0 spiro atoms. The maximum atomic E-state index is 11.6. The molecule has 0 bridgehead atoms. The van der Waals surface area contributed by atoms with E-state index in [2.05, 4.69) is 4.74 Å². The largest absolute Gasteiger partial charge is 0.430 e. The average Bonchev–Trinajstić information content (AvgIpc) is 2.98. The molecule has 31 heavy (non-hydrogen) atoms. The molecular formula is C16H27NO14. The van der Waals surface area contributed by atoms with E-state index in [1.807, 2.05) is 0 Å². The molecule has 1 amide bonds. The Bertz CT molecular complexity index is 633. The minimum atomic E-state index is -2.99. The van der Waals surface area contributed by atoms with Crippen LogP contribution >= 0.6 is 0 Å². The third-order valence-electron chi connectivity index (χ3n) is 4.93. The summed E-state index contributed by atoms with van der Waals surface area (Å²) in [5.74, 6) is -4.97. The summed E-state index contributed by atoms with van der Waals surface area (Å²) in [7, 11) is 0. The van der Waals surface area contributed by atoms with Crippen LogP contribution in [0, 0.1) is 0 Å². The zero-order chi connectivity index (χ0) is 23.5. The molecule has 180 valence electrons. The summed E-state index contributed by atoms with van der Waals surface area (Å²) in [5.41, 5.74) is 4.89. The lowest BCUT2D eigenvalue weighted by Gasteiger charge is -2.41. The fraction of sp³-hybridized carbons (Fsp3) is 0.875. The van der Waals surface area contributed by atoms with Crippen LogP contribution in [0.15, 0.2) is 0 Å². The van der Waals surface area contributed by atoms with Gasteiger partial charge >= 0.3 is 5.97 Å². The van der Waals surface area contributed by atoms with E-state index < -0.39 is 99.0 Å². The van der Waals surface area contributed by atoms with Crippen LogP contribution in [0.4, 0.5) is 0 Å². The number of aliphatic hydroxyl groups excluding tert-OH is 7. The van der Waals surface area contributed by atoms with Crippen molar-refractivity contribution in [3.05, 3.63) is 0 Å². The Kier molecular flexibility index (Phi) is 8.65. The van der Waals surface area contributed by atoms with Crippen molar-refractivity contribution in [1.29, 1.82) is 0 Å². The van der Waals surface area contributed by atoms with Crippen molar-refractivity contribution in [2.24, 2.45) is 5.73 Å². The maximum Gasteiger partial charge on any atom is 0.308 e. The van der Waals surface area contributed by atoms with Crippen LogP contribution < -0.4 is 5.73 Å². The lowest BCUT2D eigenvalue weighted by molar-refractivity contribution is -0.333. The molecule has 10 N–H and O–H groups in total. The second-order valence-corrected chi connectivity index (χ2v) is 7.14. The summed E-state index contributed by atoms with van der Waals surface area (Å²) >= 11 is 0. The Morgan fingerprint density at radius 1 is 1.00 bits per heavy atom. The van der Waals surface area contributed by atoms with Crippen LogP contribution in [0.3, 0.4) is 0 Å². The normalized spacial score (nSPS) is 41.7. The molecule has 2 rings (SSSR count). The molecule has 0 radical (unpaired) electrons. The minimum absolute atomic E-state index is 0.407. The van der Waals surface area contributed by atoms with Gasteiger partial charge in [0.15, 0.2) is 6.29 Å². The van der Waals surface area contributed by atoms with Crippen molar-refractivity contribution in [2.75, 3.05) is 13.2 Å². The summed E-state index contributed by atoms with van der Waals surface area (Å²) in [6.07, 6.45) is -17.3. The standard InChI is InChI=1S/C16H27NO14/c17-7(20)1-2-8(21)29-15(26)16(27)13(25)12(6(4-19)31-16)30-14-11(24)10(23)9(22)5(3-18)28-14/h5-6,9-15,18-19,22-27H,1-4H2,(H2,17,20)/t5-,6-,9+,10+,11-,12-,13+,14?,15?,16+/m1/s1. The molecule has 0 saturated carbocycles. The van der Waals surface area contributed by atoms with Gasteiger partial charge in [0.2, 0.25) is 5.91 Å². The Balaban J connectivity index is 2.11. The number of nitrogens with two attached hydrogens (primary N) is 1. The molecule has 2 heterocycles. The molecule has 0 aromatic rings. The van der Waals surface area contributed by atoms with E-state index in [4.69, 9.17) is 19.9 Å². The van der Waals surface area contributed by atoms with Crippen molar-refractivity contribution < 1.29 is 69.4 Å². The van der Waals surface area contributed by atoms with E-state index in [9.17, 15) is 50.4 Å². The maximum absolute atomic E-state index is 11.6. The van der Waals surface area contributed by atoms with Gasteiger partial charge in [-0.2, -0.15) is 0 Å².